The van der Waals surface area contributed by atoms with Crippen LogP contribution in [0.3, 0.4) is 0 Å². The molecule has 39 heavy (non-hydrogen) atoms. The molecule has 2 aromatic carbocycles. The Morgan fingerprint density at radius 3 is 1.10 bits per heavy atom. The van der Waals surface area contributed by atoms with Gasteiger partial charge in [-0.05, 0) is 48.5 Å². The molecule has 0 aliphatic carbocycles. The molecule has 2 amide bonds. The van der Waals surface area contributed by atoms with E-state index in [1.807, 2.05) is 0 Å². The molecule has 0 unspecified atom stereocenters. The van der Waals surface area contributed by atoms with Crippen LogP contribution >= 0.6 is 0 Å². The number of carboxylic acid groups (broad SMARTS) is 2. The maximum absolute atomic E-state index is 12.9. The Balaban J connectivity index is 2.11. The SMILES string of the molecule is O=C(C[C@@H](C(=O)O)S(=O)(=O)O)Nc1ccc(S(=O)(=O)c2ccc(NC(=O)C[C@@H](C(=O)O)S(=O)(=O)O)cc2)cc1. The molecule has 0 saturated carbocycles. The summed E-state index contributed by atoms with van der Waals surface area (Å²) in [4.78, 5) is 45.3. The van der Waals surface area contributed by atoms with E-state index in [0.29, 0.717) is 0 Å². The summed E-state index contributed by atoms with van der Waals surface area (Å²) in [7, 11) is -14.2. The van der Waals surface area contributed by atoms with Crippen molar-refractivity contribution in [1.82, 2.24) is 0 Å². The maximum atomic E-state index is 12.9. The number of benzene rings is 2. The third-order valence-electron chi connectivity index (χ3n) is 4.91. The van der Waals surface area contributed by atoms with Crippen molar-refractivity contribution in [2.75, 3.05) is 10.6 Å². The highest BCUT2D eigenvalue weighted by Gasteiger charge is 2.34. The highest BCUT2D eigenvalue weighted by Crippen LogP contribution is 2.24. The van der Waals surface area contributed by atoms with E-state index in [4.69, 9.17) is 19.3 Å². The van der Waals surface area contributed by atoms with Gasteiger partial charge in [0.2, 0.25) is 21.7 Å². The van der Waals surface area contributed by atoms with E-state index in [1.165, 1.54) is 0 Å². The highest BCUT2D eigenvalue weighted by molar-refractivity contribution is 7.91. The van der Waals surface area contributed by atoms with Crippen LogP contribution in [0.15, 0.2) is 58.3 Å². The number of carboxylic acids is 2. The van der Waals surface area contributed by atoms with Crippen molar-refractivity contribution < 1.29 is 63.8 Å². The molecule has 16 nitrogen and oxygen atoms in total. The van der Waals surface area contributed by atoms with Crippen molar-refractivity contribution in [1.29, 1.82) is 0 Å². The fourth-order valence-electron chi connectivity index (χ4n) is 2.97. The molecule has 0 bridgehead atoms. The zero-order valence-corrected chi connectivity index (χ0v) is 21.7. The lowest BCUT2D eigenvalue weighted by Crippen LogP contribution is -2.33. The monoisotopic (exact) mass is 608 g/mol. The zero-order chi connectivity index (χ0) is 29.8. The first kappa shape index (κ1) is 31.3. The minimum Gasteiger partial charge on any atom is -0.480 e. The van der Waals surface area contributed by atoms with Crippen LogP contribution < -0.4 is 10.6 Å². The largest absolute Gasteiger partial charge is 0.480 e. The number of rotatable bonds is 12. The first-order chi connectivity index (χ1) is 17.8. The highest BCUT2D eigenvalue weighted by atomic mass is 32.2. The maximum Gasteiger partial charge on any atom is 0.324 e. The third kappa shape index (κ3) is 8.55. The Morgan fingerprint density at radius 1 is 0.590 bits per heavy atom. The van der Waals surface area contributed by atoms with Crippen LogP contribution in [-0.4, -0.2) is 78.8 Å². The van der Waals surface area contributed by atoms with Gasteiger partial charge in [-0.25, -0.2) is 8.42 Å². The summed E-state index contributed by atoms with van der Waals surface area (Å²) >= 11 is 0. The van der Waals surface area contributed by atoms with Gasteiger partial charge in [-0.3, -0.25) is 28.3 Å². The summed E-state index contributed by atoms with van der Waals surface area (Å²) in [6.45, 7) is 0. The van der Waals surface area contributed by atoms with Gasteiger partial charge < -0.3 is 20.8 Å². The van der Waals surface area contributed by atoms with Crippen molar-refractivity contribution in [3.05, 3.63) is 48.5 Å². The molecule has 0 aliphatic rings. The molecule has 2 aromatic rings. The van der Waals surface area contributed by atoms with Gasteiger partial charge in [0.1, 0.15) is 0 Å². The van der Waals surface area contributed by atoms with Crippen molar-refractivity contribution in [2.24, 2.45) is 0 Å². The van der Waals surface area contributed by atoms with E-state index < -0.39 is 77.2 Å². The van der Waals surface area contributed by atoms with E-state index in [9.17, 15) is 44.4 Å². The lowest BCUT2D eigenvalue weighted by atomic mass is 10.2. The molecule has 0 radical (unpaired) electrons. The first-order valence-electron chi connectivity index (χ1n) is 10.3. The standard InChI is InChI=1S/C20H20N2O14S3/c23-17(9-15(19(25)26)38(31,32)33)21-11-1-5-13(6-2-11)37(29,30)14-7-3-12(4-8-14)22-18(24)10-16(20(27)28)39(34,35)36/h1-8,15-16H,9-10H2,(H,21,23)(H,22,24)(H,25,26)(H,27,28)(H,31,32,33)(H,34,35,36)/t15-,16-/m0/s1. The topological polar surface area (TPSA) is 276 Å². The molecule has 0 aromatic heterocycles. The Labute approximate surface area is 221 Å². The predicted octanol–water partition coefficient (Wildman–Crippen LogP) is -0.141. The molecule has 19 heteroatoms. The summed E-state index contributed by atoms with van der Waals surface area (Å²) in [5.74, 6) is -6.05. The van der Waals surface area contributed by atoms with Gasteiger partial charge in [0.05, 0.1) is 22.6 Å². The fraction of sp³-hybridized carbons (Fsp3) is 0.200. The minimum atomic E-state index is -5.05. The van der Waals surface area contributed by atoms with Crippen LogP contribution in [0.4, 0.5) is 11.4 Å². The second-order valence-electron chi connectivity index (χ2n) is 7.74. The normalized spacial score (nSPS) is 13.6. The Morgan fingerprint density at radius 2 is 0.872 bits per heavy atom. The van der Waals surface area contributed by atoms with Crippen molar-refractivity contribution >= 4 is 65.2 Å². The molecule has 0 heterocycles. The van der Waals surface area contributed by atoms with Gasteiger partial charge in [-0.15, -0.1) is 0 Å². The van der Waals surface area contributed by atoms with Crippen LogP contribution in [0, 0.1) is 0 Å². The molecule has 0 saturated heterocycles. The Bertz CT molecular complexity index is 1480. The molecular formula is C20H20N2O14S3. The van der Waals surface area contributed by atoms with E-state index in [1.54, 1.807) is 0 Å². The number of hydrogen-bond acceptors (Lipinski definition) is 10. The number of sulfone groups is 1. The third-order valence-corrected chi connectivity index (χ3v) is 8.87. The molecular weight excluding hydrogens is 588 g/mol. The van der Waals surface area contributed by atoms with E-state index >= 15 is 0 Å². The van der Waals surface area contributed by atoms with Crippen LogP contribution in [-0.2, 0) is 49.3 Å². The van der Waals surface area contributed by atoms with Crippen LogP contribution in [0.5, 0.6) is 0 Å². The average molecular weight is 609 g/mol. The van der Waals surface area contributed by atoms with Crippen molar-refractivity contribution in [3.63, 3.8) is 0 Å². The quantitative estimate of drug-likeness (QED) is 0.171. The number of nitrogens with one attached hydrogen (secondary N) is 2. The number of hydrogen-bond donors (Lipinski definition) is 6. The van der Waals surface area contributed by atoms with Gasteiger partial charge in [-0.1, -0.05) is 0 Å². The summed E-state index contributed by atoms with van der Waals surface area (Å²) in [6, 6.07) is 8.87. The van der Waals surface area contributed by atoms with E-state index in [0.717, 1.165) is 48.5 Å². The lowest BCUT2D eigenvalue weighted by Gasteiger charge is -2.11. The van der Waals surface area contributed by atoms with Gasteiger partial charge in [-0.2, -0.15) is 16.8 Å². The summed E-state index contributed by atoms with van der Waals surface area (Å²) in [6.07, 6.45) is -2.21. The zero-order valence-electron chi connectivity index (χ0n) is 19.3. The van der Waals surface area contributed by atoms with E-state index in [-0.39, 0.29) is 21.2 Å². The second kappa shape index (κ2) is 11.9. The summed E-state index contributed by atoms with van der Waals surface area (Å²) in [5.41, 5.74) is -0.0258. The molecule has 0 aliphatic heterocycles. The Hall–Kier alpha value is -3.91. The van der Waals surface area contributed by atoms with Crippen LogP contribution in [0.25, 0.3) is 0 Å². The smallest absolute Gasteiger partial charge is 0.324 e. The molecule has 6 N–H and O–H groups in total. The second-order valence-corrected chi connectivity index (χ2v) is 12.9. The molecule has 0 fully saturated rings. The first-order valence-corrected chi connectivity index (χ1v) is 14.7. The van der Waals surface area contributed by atoms with Gasteiger partial charge in [0.15, 0.2) is 10.5 Å². The molecule has 2 atom stereocenters. The van der Waals surface area contributed by atoms with Gasteiger partial charge in [0.25, 0.3) is 20.2 Å². The minimum absolute atomic E-state index is 0.0129. The van der Waals surface area contributed by atoms with E-state index in [2.05, 4.69) is 10.6 Å². The number of amides is 2. The number of aliphatic carboxylic acids is 2. The predicted molar refractivity (Wildman–Crippen MR) is 131 cm³/mol. The Kier molecular flexibility index (Phi) is 9.52. The number of carbonyl (C=O) groups is 4. The van der Waals surface area contributed by atoms with Crippen LogP contribution in [0.2, 0.25) is 0 Å². The lowest BCUT2D eigenvalue weighted by molar-refractivity contribution is -0.138. The fourth-order valence-corrected chi connectivity index (χ4v) is 5.47. The number of carbonyl (C=O) groups excluding carboxylic acids is 2. The average Bonchev–Trinajstić information content (AvgIpc) is 2.80. The van der Waals surface area contributed by atoms with Gasteiger partial charge in [0, 0.05) is 11.4 Å². The molecule has 2 rings (SSSR count). The summed E-state index contributed by atoms with van der Waals surface area (Å²) in [5, 5.41) is 17.2. The van der Waals surface area contributed by atoms with Crippen molar-refractivity contribution in [2.45, 2.75) is 33.1 Å². The van der Waals surface area contributed by atoms with Crippen molar-refractivity contribution in [3.8, 4) is 0 Å². The molecule has 0 spiro atoms. The van der Waals surface area contributed by atoms with Crippen LogP contribution in [0.1, 0.15) is 12.8 Å². The van der Waals surface area contributed by atoms with Gasteiger partial charge >= 0.3 is 11.9 Å². The number of anilines is 2. The molecule has 212 valence electrons. The summed E-state index contributed by atoms with van der Waals surface area (Å²) < 4.78 is 87.9.